The molecule has 2 heterocycles. The highest BCUT2D eigenvalue weighted by molar-refractivity contribution is 9.10. The van der Waals surface area contributed by atoms with Gasteiger partial charge in [-0.25, -0.2) is 4.98 Å². The van der Waals surface area contributed by atoms with Crippen molar-refractivity contribution in [3.63, 3.8) is 0 Å². The normalized spacial score (nSPS) is 18.8. The number of anilines is 1. The van der Waals surface area contributed by atoms with Crippen LogP contribution in [0.3, 0.4) is 0 Å². The van der Waals surface area contributed by atoms with Crippen molar-refractivity contribution >= 4 is 40.4 Å². The van der Waals surface area contributed by atoms with Crippen LogP contribution in [0.1, 0.15) is 6.42 Å². The molecular weight excluding hydrogens is 338 g/mol. The lowest BCUT2D eigenvalue weighted by Gasteiger charge is -2.12. The van der Waals surface area contributed by atoms with Gasteiger partial charge in [-0.1, -0.05) is 28.1 Å². The molecule has 1 saturated heterocycles. The Hall–Kier alpha value is -1.27. The molecule has 1 unspecified atom stereocenters. The van der Waals surface area contributed by atoms with E-state index in [0.717, 1.165) is 21.5 Å². The SMILES string of the molecule is O=C1CC(CS)CN1c1ncc(-c2ccc(Br)cc2)[nH]1. The number of hydrogen-bond acceptors (Lipinski definition) is 3. The number of carbonyl (C=O) groups excluding carboxylic acids is 1. The molecule has 6 heteroatoms. The zero-order valence-corrected chi connectivity index (χ0v) is 13.2. The van der Waals surface area contributed by atoms with Gasteiger partial charge in [-0.05, 0) is 29.4 Å². The summed E-state index contributed by atoms with van der Waals surface area (Å²) in [6.45, 7) is 0.690. The Labute approximate surface area is 131 Å². The second-order valence-electron chi connectivity index (χ2n) is 4.88. The number of aromatic nitrogens is 2. The molecule has 1 aliphatic rings. The van der Waals surface area contributed by atoms with Crippen LogP contribution < -0.4 is 4.90 Å². The van der Waals surface area contributed by atoms with Gasteiger partial charge in [-0.2, -0.15) is 12.6 Å². The summed E-state index contributed by atoms with van der Waals surface area (Å²) >= 11 is 7.68. The Morgan fingerprint density at radius 1 is 1.40 bits per heavy atom. The number of nitrogens with one attached hydrogen (secondary N) is 1. The molecule has 1 fully saturated rings. The standard InChI is InChI=1S/C14H14BrN3OS/c15-11-3-1-10(2-4-11)12-6-16-14(17-12)18-7-9(8-20)5-13(18)19/h1-4,6,9,20H,5,7-8H2,(H,16,17). The van der Waals surface area contributed by atoms with E-state index in [1.165, 1.54) is 0 Å². The van der Waals surface area contributed by atoms with Crippen LogP contribution in [-0.2, 0) is 4.79 Å². The molecule has 1 amide bonds. The first-order valence-electron chi connectivity index (χ1n) is 6.39. The summed E-state index contributed by atoms with van der Waals surface area (Å²) in [6.07, 6.45) is 2.32. The molecule has 4 nitrogen and oxygen atoms in total. The highest BCUT2D eigenvalue weighted by Crippen LogP contribution is 2.26. The number of H-pyrrole nitrogens is 1. The van der Waals surface area contributed by atoms with Crippen LogP contribution in [0.5, 0.6) is 0 Å². The zero-order valence-electron chi connectivity index (χ0n) is 10.7. The fourth-order valence-corrected chi connectivity index (χ4v) is 2.84. The average Bonchev–Trinajstić information content (AvgIpc) is 3.06. The third-order valence-electron chi connectivity index (χ3n) is 3.44. The third-order valence-corrected chi connectivity index (χ3v) is 4.48. The minimum atomic E-state index is 0.112. The summed E-state index contributed by atoms with van der Waals surface area (Å²) in [5, 5.41) is 0. The van der Waals surface area contributed by atoms with E-state index in [9.17, 15) is 4.79 Å². The molecule has 1 aromatic carbocycles. The predicted octanol–water partition coefficient (Wildman–Crippen LogP) is 3.12. The van der Waals surface area contributed by atoms with Crippen molar-refractivity contribution in [2.75, 3.05) is 17.2 Å². The lowest BCUT2D eigenvalue weighted by Crippen LogP contribution is -2.25. The lowest BCUT2D eigenvalue weighted by molar-refractivity contribution is -0.117. The monoisotopic (exact) mass is 351 g/mol. The maximum Gasteiger partial charge on any atom is 0.229 e. The van der Waals surface area contributed by atoms with Gasteiger partial charge < -0.3 is 4.98 Å². The van der Waals surface area contributed by atoms with E-state index in [4.69, 9.17) is 0 Å². The van der Waals surface area contributed by atoms with Crippen molar-refractivity contribution in [1.82, 2.24) is 9.97 Å². The zero-order chi connectivity index (χ0) is 14.1. The van der Waals surface area contributed by atoms with Crippen molar-refractivity contribution in [2.45, 2.75) is 6.42 Å². The minimum absolute atomic E-state index is 0.112. The number of amides is 1. The molecule has 1 atom stereocenters. The average molecular weight is 352 g/mol. The van der Waals surface area contributed by atoms with Crippen molar-refractivity contribution in [1.29, 1.82) is 0 Å². The first-order chi connectivity index (χ1) is 9.67. The molecule has 1 aromatic heterocycles. The van der Waals surface area contributed by atoms with Gasteiger partial charge in [0.15, 0.2) is 0 Å². The molecule has 2 aromatic rings. The predicted molar refractivity (Wildman–Crippen MR) is 86.0 cm³/mol. The molecule has 3 rings (SSSR count). The van der Waals surface area contributed by atoms with Crippen LogP contribution in [0.15, 0.2) is 34.9 Å². The third kappa shape index (κ3) is 2.62. The number of rotatable bonds is 3. The number of halogens is 1. The molecule has 0 saturated carbocycles. The number of imidazole rings is 1. The van der Waals surface area contributed by atoms with Crippen LogP contribution in [0.25, 0.3) is 11.3 Å². The van der Waals surface area contributed by atoms with Gasteiger partial charge in [0.2, 0.25) is 11.9 Å². The smallest absolute Gasteiger partial charge is 0.229 e. The first kappa shape index (κ1) is 13.7. The van der Waals surface area contributed by atoms with E-state index < -0.39 is 0 Å². The van der Waals surface area contributed by atoms with E-state index >= 15 is 0 Å². The fourth-order valence-electron chi connectivity index (χ4n) is 2.33. The van der Waals surface area contributed by atoms with Gasteiger partial charge in [-0.3, -0.25) is 9.69 Å². The van der Waals surface area contributed by atoms with Gasteiger partial charge in [0, 0.05) is 17.4 Å². The Morgan fingerprint density at radius 2 is 2.15 bits per heavy atom. The Balaban J connectivity index is 1.83. The Kier molecular flexibility index (Phi) is 3.85. The number of benzene rings is 1. The summed E-state index contributed by atoms with van der Waals surface area (Å²) in [5.74, 6) is 1.77. The summed E-state index contributed by atoms with van der Waals surface area (Å²) in [7, 11) is 0. The van der Waals surface area contributed by atoms with E-state index in [1.54, 1.807) is 11.1 Å². The van der Waals surface area contributed by atoms with Crippen LogP contribution >= 0.6 is 28.6 Å². The number of thiol groups is 1. The number of nitrogens with zero attached hydrogens (tertiary/aromatic N) is 2. The van der Waals surface area contributed by atoms with Gasteiger partial charge >= 0.3 is 0 Å². The van der Waals surface area contributed by atoms with E-state index in [-0.39, 0.29) is 5.91 Å². The molecular formula is C14H14BrN3OS. The number of hydrogen-bond donors (Lipinski definition) is 2. The highest BCUT2D eigenvalue weighted by Gasteiger charge is 2.31. The molecule has 0 spiro atoms. The number of aromatic amines is 1. The van der Waals surface area contributed by atoms with Crippen molar-refractivity contribution in [3.05, 3.63) is 34.9 Å². The second kappa shape index (κ2) is 5.61. The molecule has 0 radical (unpaired) electrons. The second-order valence-corrected chi connectivity index (χ2v) is 6.17. The quantitative estimate of drug-likeness (QED) is 0.834. The van der Waals surface area contributed by atoms with Gasteiger partial charge in [0.05, 0.1) is 11.9 Å². The van der Waals surface area contributed by atoms with Crippen LogP contribution in [-0.4, -0.2) is 28.2 Å². The fraction of sp³-hybridized carbons (Fsp3) is 0.286. The highest BCUT2D eigenvalue weighted by atomic mass is 79.9. The maximum atomic E-state index is 12.0. The summed E-state index contributed by atoms with van der Waals surface area (Å²) < 4.78 is 1.03. The van der Waals surface area contributed by atoms with Gasteiger partial charge in [-0.15, -0.1) is 0 Å². The number of carbonyl (C=O) groups is 1. The summed E-state index contributed by atoms with van der Waals surface area (Å²) in [5.41, 5.74) is 1.96. The first-order valence-corrected chi connectivity index (χ1v) is 7.82. The Bertz CT molecular complexity index is 626. The van der Waals surface area contributed by atoms with Crippen LogP contribution in [0, 0.1) is 5.92 Å². The minimum Gasteiger partial charge on any atom is -0.324 e. The molecule has 0 bridgehead atoms. The molecule has 1 aliphatic heterocycles. The molecule has 0 aliphatic carbocycles. The molecule has 104 valence electrons. The summed E-state index contributed by atoms with van der Waals surface area (Å²) in [6, 6.07) is 7.97. The Morgan fingerprint density at radius 3 is 2.80 bits per heavy atom. The van der Waals surface area contributed by atoms with Crippen molar-refractivity contribution in [2.24, 2.45) is 5.92 Å². The van der Waals surface area contributed by atoms with Crippen LogP contribution in [0.4, 0.5) is 5.95 Å². The topological polar surface area (TPSA) is 49.0 Å². The van der Waals surface area contributed by atoms with E-state index in [2.05, 4.69) is 38.5 Å². The van der Waals surface area contributed by atoms with Gasteiger partial charge in [0.1, 0.15) is 0 Å². The maximum absolute atomic E-state index is 12.0. The molecule has 1 N–H and O–H groups in total. The van der Waals surface area contributed by atoms with Crippen LogP contribution in [0.2, 0.25) is 0 Å². The van der Waals surface area contributed by atoms with Gasteiger partial charge in [0.25, 0.3) is 0 Å². The molecule has 20 heavy (non-hydrogen) atoms. The summed E-state index contributed by atoms with van der Waals surface area (Å²) in [4.78, 5) is 21.2. The van der Waals surface area contributed by atoms with Crippen molar-refractivity contribution in [3.8, 4) is 11.3 Å². The van der Waals surface area contributed by atoms with Crippen molar-refractivity contribution < 1.29 is 4.79 Å². The lowest BCUT2D eigenvalue weighted by atomic mass is 10.1. The van der Waals surface area contributed by atoms with E-state index in [1.807, 2.05) is 24.3 Å². The largest absolute Gasteiger partial charge is 0.324 e. The van der Waals surface area contributed by atoms with E-state index in [0.29, 0.717) is 24.8 Å².